The van der Waals surface area contributed by atoms with Crippen LogP contribution in [0.2, 0.25) is 0 Å². The van der Waals surface area contributed by atoms with Crippen LogP contribution in [0.4, 0.5) is 64.1 Å². The normalized spacial score (nSPS) is 12.1. The molecule has 22 heteroatoms. The maximum atomic E-state index is 13.3. The van der Waals surface area contributed by atoms with Gasteiger partial charge >= 0.3 is 54.3 Å². The molecule has 0 atom stereocenters. The molecule has 0 unspecified atom stereocenters. The summed E-state index contributed by atoms with van der Waals surface area (Å²) in [7, 11) is 0. The summed E-state index contributed by atoms with van der Waals surface area (Å²) in [5.74, 6) is -4.31. The minimum Gasteiger partial charge on any atom is -1.00 e. The summed E-state index contributed by atoms with van der Waals surface area (Å²) in [6.07, 6.45) is -18.1. The van der Waals surface area contributed by atoms with Gasteiger partial charge in [-0.05, 0) is 136 Å². The van der Waals surface area contributed by atoms with Crippen molar-refractivity contribution in [2.24, 2.45) is 22.7 Å². The number of amides is 3. The van der Waals surface area contributed by atoms with Crippen molar-refractivity contribution in [1.82, 2.24) is 0 Å². The number of halogens is 13. The summed E-state index contributed by atoms with van der Waals surface area (Å²) in [5.41, 5.74) is -6.93. The van der Waals surface area contributed by atoms with Crippen molar-refractivity contribution in [3.63, 3.8) is 0 Å². The van der Waals surface area contributed by atoms with Crippen LogP contribution in [0.1, 0.15) is 99.8 Å². The van der Waals surface area contributed by atoms with Crippen molar-refractivity contribution in [3.8, 4) is 0 Å². The SMILES string of the molecule is CC(C)C(=O)C(C)(C)C(=O)N(C(=O)c1ccc(C(F)(F)F)cc1)c1ccc(C(F)(F)F)cc1.CC(C)C(=O)C(C)(C)C(=O)Nc1ccc(C(F)(F)F)cc1.O=C(Cl)c1ccc(C(F)(F)F)cc1.[H-].[Na+]. The first kappa shape index (κ1) is 61.0. The number of Topliss-reactive ketones (excluding diaryl/α,β-unsaturated/α-hetero) is 2. The van der Waals surface area contributed by atoms with Crippen molar-refractivity contribution in [3.05, 3.63) is 130 Å². The number of nitrogens with zero attached hydrogens (tertiary/aromatic N) is 1. The topological polar surface area (TPSA) is 118 Å². The van der Waals surface area contributed by atoms with Crippen LogP contribution in [0, 0.1) is 22.7 Å². The summed E-state index contributed by atoms with van der Waals surface area (Å²) >= 11 is 5.05. The van der Waals surface area contributed by atoms with Crippen LogP contribution in [0.15, 0.2) is 97.1 Å². The van der Waals surface area contributed by atoms with Gasteiger partial charge in [0.25, 0.3) is 11.1 Å². The summed E-state index contributed by atoms with van der Waals surface area (Å²) < 4.78 is 151. The predicted molar refractivity (Wildman–Crippen MR) is 225 cm³/mol. The van der Waals surface area contributed by atoms with E-state index in [1.54, 1.807) is 13.8 Å². The molecular formula is C46H44ClF12N2NaO6. The van der Waals surface area contributed by atoms with E-state index in [0.29, 0.717) is 29.2 Å². The minimum atomic E-state index is -4.67. The van der Waals surface area contributed by atoms with Crippen molar-refractivity contribution >= 4 is 57.5 Å². The van der Waals surface area contributed by atoms with Crippen LogP contribution in [0.3, 0.4) is 0 Å². The number of carbonyl (C=O) groups is 6. The first-order valence-corrected chi connectivity index (χ1v) is 19.9. The third kappa shape index (κ3) is 16.6. The molecule has 0 aliphatic rings. The number of hydrogen-bond acceptors (Lipinski definition) is 6. The molecule has 1 N–H and O–H groups in total. The molecule has 0 aliphatic carbocycles. The molecular weight excluding hydrogens is 963 g/mol. The van der Waals surface area contributed by atoms with Gasteiger partial charge in [0.1, 0.15) is 22.4 Å². The molecule has 0 saturated carbocycles. The van der Waals surface area contributed by atoms with Crippen molar-refractivity contribution in [2.75, 3.05) is 10.2 Å². The molecule has 0 radical (unpaired) electrons. The molecule has 0 aromatic heterocycles. The van der Waals surface area contributed by atoms with E-state index in [0.717, 1.165) is 72.8 Å². The minimum absolute atomic E-state index is 0. The Bertz CT molecular complexity index is 2400. The third-order valence-electron chi connectivity index (χ3n) is 9.61. The summed E-state index contributed by atoms with van der Waals surface area (Å²) in [6.45, 7) is 12.0. The van der Waals surface area contributed by atoms with Gasteiger partial charge in [-0.25, -0.2) is 4.90 Å². The number of anilines is 2. The Morgan fingerprint density at radius 3 is 1.09 bits per heavy atom. The average Bonchev–Trinajstić information content (AvgIpc) is 3.22. The maximum Gasteiger partial charge on any atom is 1.00 e. The van der Waals surface area contributed by atoms with Gasteiger partial charge < -0.3 is 6.74 Å². The van der Waals surface area contributed by atoms with E-state index in [4.69, 9.17) is 11.6 Å². The molecule has 4 aromatic carbocycles. The van der Waals surface area contributed by atoms with Crippen molar-refractivity contribution in [2.45, 2.75) is 80.1 Å². The second-order valence-electron chi connectivity index (χ2n) is 16.2. The Morgan fingerprint density at radius 1 is 0.485 bits per heavy atom. The fourth-order valence-electron chi connectivity index (χ4n) is 5.82. The zero-order valence-corrected chi connectivity index (χ0v) is 40.5. The number of rotatable bonds is 10. The standard InChI is InChI=1S/C23H21F6NO3.C15H18F3NO2.C8H4ClF3O.Na.H/c1-13(2)18(31)21(3,4)20(33)30(17-11-9-16(10-12-17)23(27,28)29)19(32)14-5-7-15(8-6-14)22(24,25)26;1-9(2)12(20)14(3,4)13(21)19-11-7-5-10(6-8-11)15(16,17)18;9-7(13)5-1-3-6(4-2-5)8(10,11)12;;/h5-13H,1-4H3;5-9H,1-4H3,(H,19,21);1-4H;;/q;;;+1;-1. The van der Waals surface area contributed by atoms with Crippen LogP contribution >= 0.6 is 11.6 Å². The molecule has 4 aromatic rings. The number of carbonyl (C=O) groups excluding carboxylic acids is 6. The van der Waals surface area contributed by atoms with E-state index in [2.05, 4.69) is 5.32 Å². The first-order chi connectivity index (χ1) is 30.3. The van der Waals surface area contributed by atoms with E-state index in [9.17, 15) is 81.5 Å². The zero-order chi connectivity index (χ0) is 51.8. The fourth-order valence-corrected chi connectivity index (χ4v) is 5.94. The van der Waals surface area contributed by atoms with E-state index in [1.807, 2.05) is 0 Å². The fraction of sp³-hybridized carbons (Fsp3) is 0.348. The van der Waals surface area contributed by atoms with Gasteiger partial charge in [0, 0.05) is 28.7 Å². The van der Waals surface area contributed by atoms with E-state index < -0.39 is 92.5 Å². The monoisotopic (exact) mass is 1010 g/mol. The molecule has 0 bridgehead atoms. The summed E-state index contributed by atoms with van der Waals surface area (Å²) in [5, 5.41) is 1.70. The molecule has 0 aliphatic heterocycles. The van der Waals surface area contributed by atoms with Crippen LogP contribution in [0.25, 0.3) is 0 Å². The summed E-state index contributed by atoms with van der Waals surface area (Å²) in [4.78, 5) is 74.2. The van der Waals surface area contributed by atoms with Gasteiger partial charge in [-0.1, -0.05) is 27.7 Å². The Balaban J connectivity index is 0.00000110. The zero-order valence-electron chi connectivity index (χ0n) is 38.7. The van der Waals surface area contributed by atoms with E-state index >= 15 is 0 Å². The molecule has 0 fully saturated rings. The Kier molecular flexibility index (Phi) is 21.1. The first-order valence-electron chi connectivity index (χ1n) is 19.5. The number of benzene rings is 4. The largest absolute Gasteiger partial charge is 1.00 e. The second-order valence-corrected chi connectivity index (χ2v) is 16.6. The van der Waals surface area contributed by atoms with Gasteiger partial charge in [-0.15, -0.1) is 0 Å². The van der Waals surface area contributed by atoms with Crippen LogP contribution in [-0.4, -0.2) is 34.5 Å². The van der Waals surface area contributed by atoms with Crippen LogP contribution in [-0.2, 0) is 43.9 Å². The number of alkyl halides is 12. The van der Waals surface area contributed by atoms with Crippen molar-refractivity contribution in [1.29, 1.82) is 0 Å². The quantitative estimate of drug-likeness (QED) is 0.0732. The van der Waals surface area contributed by atoms with Gasteiger partial charge in [0.05, 0.1) is 27.9 Å². The van der Waals surface area contributed by atoms with Gasteiger partial charge in [-0.2, -0.15) is 52.7 Å². The molecule has 8 nitrogen and oxygen atoms in total. The second kappa shape index (κ2) is 23.5. The Labute approximate surface area is 411 Å². The van der Waals surface area contributed by atoms with Gasteiger partial charge in [-0.3, -0.25) is 28.8 Å². The number of nitrogens with one attached hydrogen (secondary N) is 1. The molecule has 3 amide bonds. The molecule has 366 valence electrons. The molecule has 68 heavy (non-hydrogen) atoms. The number of imide groups is 1. The van der Waals surface area contributed by atoms with E-state index in [1.165, 1.54) is 41.5 Å². The molecule has 0 heterocycles. The maximum absolute atomic E-state index is 13.3. The van der Waals surface area contributed by atoms with E-state index in [-0.39, 0.29) is 65.2 Å². The molecule has 4 rings (SSSR count). The Morgan fingerprint density at radius 2 is 0.779 bits per heavy atom. The molecule has 0 spiro atoms. The number of ketones is 2. The van der Waals surface area contributed by atoms with Crippen LogP contribution < -0.4 is 39.8 Å². The van der Waals surface area contributed by atoms with Crippen molar-refractivity contribution < 1.29 is 112 Å². The third-order valence-corrected chi connectivity index (χ3v) is 9.83. The molecule has 0 saturated heterocycles. The van der Waals surface area contributed by atoms with Gasteiger partial charge in [0.2, 0.25) is 11.8 Å². The van der Waals surface area contributed by atoms with Gasteiger partial charge in [0.15, 0.2) is 0 Å². The summed E-state index contributed by atoms with van der Waals surface area (Å²) in [6, 6.07) is 13.9. The van der Waals surface area contributed by atoms with Crippen LogP contribution in [0.5, 0.6) is 0 Å². The average molecular weight is 1010 g/mol. The smallest absolute Gasteiger partial charge is 1.00 e. The number of hydrogen-bond donors (Lipinski definition) is 1. The predicted octanol–water partition coefficient (Wildman–Crippen LogP) is 10.2. The Hall–Kier alpha value is -5.05.